The zero-order valence-corrected chi connectivity index (χ0v) is 14.8. The van der Waals surface area contributed by atoms with Crippen LogP contribution in [0.15, 0.2) is 34.1 Å². The maximum absolute atomic E-state index is 6.72. The van der Waals surface area contributed by atoms with Gasteiger partial charge in [-0.05, 0) is 51.0 Å². The van der Waals surface area contributed by atoms with Crippen LogP contribution in [0, 0.1) is 6.92 Å². The van der Waals surface area contributed by atoms with Crippen molar-refractivity contribution in [3.8, 4) is 0 Å². The standard InChI is InChI=1S/C16H18BrClS/c1-10-9-13(19-15(10)17)14(18)11-7-5-6-8-12(11)16(2,3)4/h5-9,14H,1-4H3. The minimum atomic E-state index is -0.0783. The average Bonchev–Trinajstić information content (AvgIpc) is 2.68. The van der Waals surface area contributed by atoms with Crippen LogP contribution in [0.25, 0.3) is 0 Å². The maximum Gasteiger partial charge on any atom is 0.0931 e. The highest BCUT2D eigenvalue weighted by atomic mass is 79.9. The Morgan fingerprint density at radius 1 is 1.21 bits per heavy atom. The summed E-state index contributed by atoms with van der Waals surface area (Å²) in [5, 5.41) is -0.0783. The smallest absolute Gasteiger partial charge is 0.0931 e. The number of halogens is 2. The number of alkyl halides is 1. The second kappa shape index (κ2) is 5.59. The fourth-order valence-electron chi connectivity index (χ4n) is 2.16. The summed E-state index contributed by atoms with van der Waals surface area (Å²) in [6.07, 6.45) is 0. The lowest BCUT2D eigenvalue weighted by Crippen LogP contribution is -2.14. The lowest BCUT2D eigenvalue weighted by atomic mass is 9.83. The van der Waals surface area contributed by atoms with Crippen LogP contribution in [-0.4, -0.2) is 0 Å². The molecule has 3 heteroatoms. The maximum atomic E-state index is 6.72. The molecule has 0 spiro atoms. The van der Waals surface area contributed by atoms with Crippen LogP contribution >= 0.6 is 38.9 Å². The molecule has 0 bridgehead atoms. The Kier molecular flexibility index (Phi) is 4.44. The quantitative estimate of drug-likeness (QED) is 0.542. The number of benzene rings is 1. The summed E-state index contributed by atoms with van der Waals surface area (Å²) < 4.78 is 1.17. The van der Waals surface area contributed by atoms with Gasteiger partial charge >= 0.3 is 0 Å². The Morgan fingerprint density at radius 3 is 2.37 bits per heavy atom. The van der Waals surface area contributed by atoms with Gasteiger partial charge in [0.15, 0.2) is 0 Å². The third kappa shape index (κ3) is 3.24. The molecular weight excluding hydrogens is 340 g/mol. The fraction of sp³-hybridized carbons (Fsp3) is 0.375. The SMILES string of the molecule is Cc1cc(C(Cl)c2ccccc2C(C)(C)C)sc1Br. The van der Waals surface area contributed by atoms with Crippen molar-refractivity contribution in [2.75, 3.05) is 0 Å². The second-order valence-corrected chi connectivity index (χ2v) is 8.64. The number of rotatable bonds is 2. The molecule has 0 aliphatic rings. The molecule has 102 valence electrons. The van der Waals surface area contributed by atoms with Gasteiger partial charge in [-0.15, -0.1) is 22.9 Å². The van der Waals surface area contributed by atoms with E-state index >= 15 is 0 Å². The normalized spacial score (nSPS) is 13.6. The average molecular weight is 358 g/mol. The van der Waals surface area contributed by atoms with Crippen LogP contribution < -0.4 is 0 Å². The predicted molar refractivity (Wildman–Crippen MR) is 89.6 cm³/mol. The highest BCUT2D eigenvalue weighted by Crippen LogP contribution is 2.41. The Morgan fingerprint density at radius 2 is 1.84 bits per heavy atom. The molecule has 0 saturated heterocycles. The Hall–Kier alpha value is -0.310. The van der Waals surface area contributed by atoms with E-state index in [-0.39, 0.29) is 10.8 Å². The molecule has 0 fully saturated rings. The molecule has 0 aliphatic carbocycles. The van der Waals surface area contributed by atoms with Crippen LogP contribution in [0.5, 0.6) is 0 Å². The van der Waals surface area contributed by atoms with Gasteiger partial charge in [-0.2, -0.15) is 0 Å². The van der Waals surface area contributed by atoms with Crippen molar-refractivity contribution in [3.05, 3.63) is 55.7 Å². The molecule has 0 saturated carbocycles. The first-order chi connectivity index (χ1) is 8.80. The van der Waals surface area contributed by atoms with Gasteiger partial charge in [-0.3, -0.25) is 0 Å². The molecule has 2 rings (SSSR count). The highest BCUT2D eigenvalue weighted by molar-refractivity contribution is 9.11. The Labute approximate surface area is 132 Å². The summed E-state index contributed by atoms with van der Waals surface area (Å²) in [4.78, 5) is 1.20. The number of hydrogen-bond donors (Lipinski definition) is 0. The number of aryl methyl sites for hydroxylation is 1. The molecule has 19 heavy (non-hydrogen) atoms. The van der Waals surface area contributed by atoms with Crippen LogP contribution in [-0.2, 0) is 5.41 Å². The first kappa shape index (κ1) is 15.1. The topological polar surface area (TPSA) is 0 Å². The second-order valence-electron chi connectivity index (χ2n) is 5.81. The monoisotopic (exact) mass is 356 g/mol. The van der Waals surface area contributed by atoms with Crippen LogP contribution in [0.4, 0.5) is 0 Å². The highest BCUT2D eigenvalue weighted by Gasteiger charge is 2.23. The summed E-state index contributed by atoms with van der Waals surface area (Å²) >= 11 is 12.0. The summed E-state index contributed by atoms with van der Waals surface area (Å²) in [7, 11) is 0. The zero-order valence-electron chi connectivity index (χ0n) is 11.6. The fourth-order valence-corrected chi connectivity index (χ4v) is 4.12. The van der Waals surface area contributed by atoms with Gasteiger partial charge in [0.1, 0.15) is 0 Å². The van der Waals surface area contributed by atoms with Gasteiger partial charge in [-0.1, -0.05) is 45.0 Å². The molecule has 0 N–H and O–H groups in total. The lowest BCUT2D eigenvalue weighted by Gasteiger charge is -2.24. The van der Waals surface area contributed by atoms with E-state index < -0.39 is 0 Å². The van der Waals surface area contributed by atoms with Crippen molar-refractivity contribution < 1.29 is 0 Å². The predicted octanol–water partition coefficient (Wildman–Crippen LogP) is 6.44. The summed E-state index contributed by atoms with van der Waals surface area (Å²) in [5.74, 6) is 0. The van der Waals surface area contributed by atoms with E-state index in [9.17, 15) is 0 Å². The van der Waals surface area contributed by atoms with Crippen LogP contribution in [0.3, 0.4) is 0 Å². The minimum Gasteiger partial charge on any atom is -0.131 e. The largest absolute Gasteiger partial charge is 0.131 e. The van der Waals surface area contributed by atoms with E-state index in [4.69, 9.17) is 11.6 Å². The van der Waals surface area contributed by atoms with Crippen molar-refractivity contribution in [2.45, 2.75) is 38.5 Å². The van der Waals surface area contributed by atoms with Crippen molar-refractivity contribution in [1.29, 1.82) is 0 Å². The number of thiophene rings is 1. The number of hydrogen-bond acceptors (Lipinski definition) is 1. The zero-order chi connectivity index (χ0) is 14.2. The molecule has 1 atom stereocenters. The van der Waals surface area contributed by atoms with E-state index in [1.165, 1.54) is 25.4 Å². The van der Waals surface area contributed by atoms with Crippen molar-refractivity contribution in [2.24, 2.45) is 0 Å². The van der Waals surface area contributed by atoms with Crippen LogP contribution in [0.1, 0.15) is 47.7 Å². The van der Waals surface area contributed by atoms with E-state index in [1.807, 2.05) is 0 Å². The molecule has 1 aromatic carbocycles. The van der Waals surface area contributed by atoms with E-state index in [2.05, 4.69) is 74.0 Å². The van der Waals surface area contributed by atoms with Gasteiger partial charge in [0.25, 0.3) is 0 Å². The summed E-state index contributed by atoms with van der Waals surface area (Å²) in [5.41, 5.74) is 3.88. The molecule has 0 nitrogen and oxygen atoms in total. The van der Waals surface area contributed by atoms with Crippen molar-refractivity contribution in [3.63, 3.8) is 0 Å². The molecule has 0 amide bonds. The Bertz CT molecular complexity index is 561. The first-order valence-corrected chi connectivity index (χ1v) is 8.34. The van der Waals surface area contributed by atoms with Crippen molar-refractivity contribution >= 4 is 38.9 Å². The van der Waals surface area contributed by atoms with Gasteiger partial charge < -0.3 is 0 Å². The molecule has 1 heterocycles. The van der Waals surface area contributed by atoms with Gasteiger partial charge in [0.05, 0.1) is 9.16 Å². The van der Waals surface area contributed by atoms with Gasteiger partial charge in [-0.25, -0.2) is 0 Å². The summed E-state index contributed by atoms with van der Waals surface area (Å²) in [6.45, 7) is 8.78. The van der Waals surface area contributed by atoms with E-state index in [1.54, 1.807) is 11.3 Å². The summed E-state index contributed by atoms with van der Waals surface area (Å²) in [6, 6.07) is 10.6. The Balaban J connectivity index is 2.47. The minimum absolute atomic E-state index is 0.0783. The van der Waals surface area contributed by atoms with Crippen LogP contribution in [0.2, 0.25) is 0 Å². The van der Waals surface area contributed by atoms with Crippen molar-refractivity contribution in [1.82, 2.24) is 0 Å². The van der Waals surface area contributed by atoms with Gasteiger partial charge in [0, 0.05) is 4.88 Å². The molecule has 1 aromatic heterocycles. The molecule has 2 aromatic rings. The third-order valence-corrected chi connectivity index (χ3v) is 5.97. The first-order valence-electron chi connectivity index (χ1n) is 6.30. The van der Waals surface area contributed by atoms with E-state index in [0.717, 1.165) is 0 Å². The molecule has 0 aliphatic heterocycles. The molecule has 0 radical (unpaired) electrons. The lowest BCUT2D eigenvalue weighted by molar-refractivity contribution is 0.583. The van der Waals surface area contributed by atoms with E-state index in [0.29, 0.717) is 0 Å². The molecule has 1 unspecified atom stereocenters. The van der Waals surface area contributed by atoms with Gasteiger partial charge in [0.2, 0.25) is 0 Å². The molecular formula is C16H18BrClS. The third-order valence-electron chi connectivity index (χ3n) is 3.17.